The van der Waals surface area contributed by atoms with Crippen molar-refractivity contribution in [2.24, 2.45) is 23.2 Å². The molecule has 15 heteroatoms. The third-order valence-corrected chi connectivity index (χ3v) is 14.8. The van der Waals surface area contributed by atoms with Crippen LogP contribution in [0, 0.1) is 30.1 Å². The van der Waals surface area contributed by atoms with Crippen molar-refractivity contribution in [1.82, 2.24) is 29.0 Å². The van der Waals surface area contributed by atoms with Gasteiger partial charge in [-0.2, -0.15) is 9.67 Å². The van der Waals surface area contributed by atoms with Crippen LogP contribution in [0.2, 0.25) is 0 Å². The minimum atomic E-state index is -1.09. The fourth-order valence-corrected chi connectivity index (χ4v) is 12.2. The van der Waals surface area contributed by atoms with Gasteiger partial charge in [0.2, 0.25) is 5.69 Å². The number of pyridine rings is 1. The molecule has 4 saturated carbocycles. The minimum absolute atomic E-state index is 0.0794. The van der Waals surface area contributed by atoms with Gasteiger partial charge in [0, 0.05) is 41.7 Å². The minimum Gasteiger partial charge on any atom is -0.478 e. The second kappa shape index (κ2) is 16.0. The number of anilines is 3. The van der Waals surface area contributed by atoms with Crippen LogP contribution >= 0.6 is 11.3 Å². The molecule has 1 aliphatic heterocycles. The molecule has 7 aromatic rings. The van der Waals surface area contributed by atoms with Crippen LogP contribution in [0.5, 0.6) is 0 Å². The number of carbonyl (C=O) groups is 3. The quantitative estimate of drug-likeness (QED) is 0.108. The predicted molar refractivity (Wildman–Crippen MR) is 245 cm³/mol. The normalized spacial score (nSPS) is 21.3. The highest BCUT2D eigenvalue weighted by molar-refractivity contribution is 7.22. The highest BCUT2D eigenvalue weighted by atomic mass is 32.1. The van der Waals surface area contributed by atoms with Crippen LogP contribution in [0.25, 0.3) is 27.0 Å². The van der Waals surface area contributed by atoms with Crippen molar-refractivity contribution in [3.63, 3.8) is 0 Å². The molecule has 0 unspecified atom stereocenters. The molecule has 0 spiro atoms. The number of carboxylic acid groups (broad SMARTS) is 1. The van der Waals surface area contributed by atoms with Gasteiger partial charge in [0.1, 0.15) is 24.5 Å². The van der Waals surface area contributed by atoms with Crippen LogP contribution in [0.15, 0.2) is 97.5 Å². The van der Waals surface area contributed by atoms with Gasteiger partial charge in [-0.25, -0.2) is 19.6 Å². The molecule has 3 aromatic carbocycles. The first-order valence-corrected chi connectivity index (χ1v) is 22.9. The molecule has 5 heterocycles. The number of amides is 2. The molecule has 14 nitrogen and oxygen atoms in total. The Morgan fingerprint density at radius 3 is 2.44 bits per heavy atom. The Balaban J connectivity index is 0.876. The summed E-state index contributed by atoms with van der Waals surface area (Å²) in [6, 6.07) is 24.6. The molecule has 324 valence electrons. The predicted octanol–water partition coefficient (Wildman–Crippen LogP) is 9.39. The number of thiazole rings is 1. The van der Waals surface area contributed by atoms with Crippen molar-refractivity contribution >= 4 is 73.7 Å². The number of aromatic carboxylic acids is 1. The number of nitrogens with one attached hydrogen (secondary N) is 2. The first-order chi connectivity index (χ1) is 31.1. The number of ether oxygens (including phenoxy) is 1. The number of rotatable bonds is 11. The second-order valence-electron chi connectivity index (χ2n) is 18.1. The number of imidazole rings is 1. The molecule has 4 aliphatic carbocycles. The number of aromatic nitrogens is 5. The summed E-state index contributed by atoms with van der Waals surface area (Å²) in [5, 5.41) is 22.4. The zero-order chi connectivity index (χ0) is 43.5. The molecule has 12 rings (SSSR count). The molecule has 4 aromatic heterocycles. The molecule has 5 aliphatic rings. The van der Waals surface area contributed by atoms with Gasteiger partial charge in [0.25, 0.3) is 5.91 Å². The Hall–Kier alpha value is -6.87. The zero-order valence-electron chi connectivity index (χ0n) is 35.4. The van der Waals surface area contributed by atoms with Gasteiger partial charge in [-0.15, -0.1) is 0 Å². The molecule has 0 radical (unpaired) electrons. The molecular formula is C49H48N9O5S+. The zero-order valence-corrected chi connectivity index (χ0v) is 36.3. The van der Waals surface area contributed by atoms with Gasteiger partial charge in [-0.3, -0.25) is 24.1 Å². The average molecular weight is 875 g/mol. The van der Waals surface area contributed by atoms with Crippen LogP contribution in [-0.4, -0.2) is 82.5 Å². The monoisotopic (exact) mass is 874 g/mol. The van der Waals surface area contributed by atoms with E-state index in [4.69, 9.17) is 9.84 Å². The van der Waals surface area contributed by atoms with Crippen LogP contribution < -0.4 is 10.6 Å². The van der Waals surface area contributed by atoms with E-state index >= 15 is 0 Å². The van der Waals surface area contributed by atoms with Crippen LogP contribution in [0.1, 0.15) is 70.5 Å². The first-order valence-electron chi connectivity index (χ1n) is 22.0. The summed E-state index contributed by atoms with van der Waals surface area (Å²) < 4.78 is 12.3. The number of hydrogen-bond acceptors (Lipinski definition) is 9. The van der Waals surface area contributed by atoms with E-state index in [0.29, 0.717) is 47.4 Å². The van der Waals surface area contributed by atoms with Gasteiger partial charge < -0.3 is 15.2 Å². The maximum absolute atomic E-state index is 14.3. The lowest BCUT2D eigenvalue weighted by Crippen LogP contribution is -2.48. The summed E-state index contributed by atoms with van der Waals surface area (Å²) in [4.78, 5) is 51.2. The molecule has 3 N–H and O–H groups in total. The average Bonchev–Trinajstić information content (AvgIpc) is 4.01. The van der Waals surface area contributed by atoms with Crippen LogP contribution in [-0.2, 0) is 17.9 Å². The number of hydrogen-bond donors (Lipinski definition) is 3. The van der Waals surface area contributed by atoms with Gasteiger partial charge >= 0.3 is 12.1 Å². The van der Waals surface area contributed by atoms with E-state index in [2.05, 4.69) is 25.3 Å². The van der Waals surface area contributed by atoms with Crippen LogP contribution in [0.4, 0.5) is 27.1 Å². The number of carboxylic acids is 1. The van der Waals surface area contributed by atoms with Gasteiger partial charge in [0.05, 0.1) is 40.4 Å². The maximum Gasteiger partial charge on any atom is 0.410 e. The summed E-state index contributed by atoms with van der Waals surface area (Å²) in [7, 11) is 0. The highest BCUT2D eigenvalue weighted by Gasteiger charge is 2.51. The number of nitrogens with zero attached hydrogens (tertiary/aromatic N) is 7. The highest BCUT2D eigenvalue weighted by Crippen LogP contribution is 2.60. The van der Waals surface area contributed by atoms with Crippen molar-refractivity contribution in [1.29, 1.82) is 0 Å². The fourth-order valence-electron chi connectivity index (χ4n) is 11.3. The SMILES string of the molecule is Cc1c(-c2ccn3c(Nc4ccc([N+]5=CCN(C(=O)OCc6ccccc6)CC5)cc4C(=O)Nc4nc5ccccc5s4)cnc3c2C(=O)O)cnn1CC12CC3CC(CC(C3)C1)C2. The van der Waals surface area contributed by atoms with Crippen LogP contribution in [0.3, 0.4) is 0 Å². The van der Waals surface area contributed by atoms with Crippen molar-refractivity contribution < 1.29 is 28.8 Å². The molecule has 64 heavy (non-hydrogen) atoms. The summed E-state index contributed by atoms with van der Waals surface area (Å²) in [5.74, 6) is 1.50. The number of para-hydroxylation sites is 1. The topological polar surface area (TPSA) is 159 Å². The first kappa shape index (κ1) is 39.9. The second-order valence-corrected chi connectivity index (χ2v) is 19.2. The number of carbonyl (C=O) groups excluding carboxylic acids is 2. The number of benzene rings is 3. The summed E-state index contributed by atoms with van der Waals surface area (Å²) in [6.45, 7) is 4.35. The smallest absolute Gasteiger partial charge is 0.410 e. The molecule has 4 bridgehead atoms. The molecular weight excluding hydrogens is 827 g/mol. The van der Waals surface area contributed by atoms with Crippen molar-refractivity contribution in [2.75, 3.05) is 30.3 Å². The summed E-state index contributed by atoms with van der Waals surface area (Å²) in [6.07, 6.45) is 14.7. The summed E-state index contributed by atoms with van der Waals surface area (Å²) >= 11 is 1.39. The van der Waals surface area contributed by atoms with Crippen molar-refractivity contribution in [3.8, 4) is 11.1 Å². The summed E-state index contributed by atoms with van der Waals surface area (Å²) in [5.41, 5.74) is 6.21. The van der Waals surface area contributed by atoms with Gasteiger partial charge in [0.15, 0.2) is 23.5 Å². The largest absolute Gasteiger partial charge is 0.478 e. The Kier molecular flexibility index (Phi) is 10.0. The third kappa shape index (κ3) is 7.46. The van der Waals surface area contributed by atoms with Crippen molar-refractivity contribution in [3.05, 3.63) is 120 Å². The third-order valence-electron chi connectivity index (χ3n) is 13.9. The Labute approximate surface area is 373 Å². The Bertz CT molecular complexity index is 2940. The maximum atomic E-state index is 14.3. The van der Waals surface area contributed by atoms with E-state index in [1.54, 1.807) is 21.6 Å². The standard InChI is InChI=1S/C49H47N9O5S/c1-30-38(26-51-58(30)29-49-23-32-19-33(24-49)21-34(20-32)25-49)36-13-14-57-42(27-50-44(57)43(36)46(60)61)52-39-12-11-35(22-37(39)45(59)54-47-53-40-9-5-6-10-41(40)64-47)55-15-17-56(18-16-55)48(62)63-28-31-7-3-2-4-8-31/h2-15,22,26-27,32-34H,16-21,23-25,28-29H2,1H3,(H2-,52,53,54,59,60,61)/p+1. The lowest BCUT2D eigenvalue weighted by atomic mass is 9.49. The molecule has 4 fully saturated rings. The Morgan fingerprint density at radius 1 is 0.938 bits per heavy atom. The number of fused-ring (bicyclic) bond motifs is 2. The van der Waals surface area contributed by atoms with E-state index in [1.807, 2.05) is 103 Å². The van der Waals surface area contributed by atoms with E-state index in [0.717, 1.165) is 57.0 Å². The lowest BCUT2D eigenvalue weighted by Gasteiger charge is -2.56. The van der Waals surface area contributed by atoms with Crippen molar-refractivity contribution in [2.45, 2.75) is 58.6 Å². The Morgan fingerprint density at radius 2 is 1.70 bits per heavy atom. The fraction of sp³-hybridized carbons (Fsp3) is 0.327. The van der Waals surface area contributed by atoms with Gasteiger partial charge in [-0.05, 0) is 98.4 Å². The lowest BCUT2D eigenvalue weighted by molar-refractivity contribution is -0.442. The van der Waals surface area contributed by atoms with Gasteiger partial charge in [-0.1, -0.05) is 53.8 Å². The van der Waals surface area contributed by atoms with E-state index in [9.17, 15) is 19.5 Å². The molecule has 0 atom stereocenters. The molecule has 2 amide bonds. The van der Waals surface area contributed by atoms with E-state index < -0.39 is 5.97 Å². The van der Waals surface area contributed by atoms with E-state index in [-0.39, 0.29) is 35.2 Å². The van der Waals surface area contributed by atoms with E-state index in [1.165, 1.54) is 49.9 Å². The molecule has 0 saturated heterocycles.